The lowest BCUT2D eigenvalue weighted by Gasteiger charge is -2.35. The minimum absolute atomic E-state index is 0.0567. The highest BCUT2D eigenvalue weighted by atomic mass is 32.1. The summed E-state index contributed by atoms with van der Waals surface area (Å²) in [4.78, 5) is 75.1. The fourth-order valence-corrected chi connectivity index (χ4v) is 11.0. The van der Waals surface area contributed by atoms with E-state index >= 15 is 0 Å². The highest BCUT2D eigenvalue weighted by molar-refractivity contribution is 7.13. The molecule has 70 heavy (non-hydrogen) atoms. The number of fused-ring (bicyclic) bond motifs is 3. The summed E-state index contributed by atoms with van der Waals surface area (Å²) in [7, 11) is 0. The summed E-state index contributed by atoms with van der Waals surface area (Å²) < 4.78 is 7.90. The molecule has 2 fully saturated rings. The van der Waals surface area contributed by atoms with Crippen molar-refractivity contribution < 1.29 is 29.0 Å². The Labute approximate surface area is 409 Å². The molecule has 4 aromatic heterocycles. The average Bonchev–Trinajstić information content (AvgIpc) is 4.10. The van der Waals surface area contributed by atoms with Gasteiger partial charge < -0.3 is 35.2 Å². The number of nitrogens with zero attached hydrogens (tertiary/aromatic N) is 10. The van der Waals surface area contributed by atoms with E-state index in [1.165, 1.54) is 10.6 Å². The Kier molecular flexibility index (Phi) is 12.9. The van der Waals surface area contributed by atoms with Crippen molar-refractivity contribution in [1.29, 1.82) is 0 Å². The van der Waals surface area contributed by atoms with Crippen LogP contribution in [0.25, 0.3) is 32.7 Å². The maximum Gasteiger partial charge on any atom is 0.291 e. The van der Waals surface area contributed by atoms with Crippen LogP contribution in [0.15, 0.2) is 60.2 Å². The van der Waals surface area contributed by atoms with E-state index in [2.05, 4.69) is 46.4 Å². The number of pyridine rings is 1. The van der Waals surface area contributed by atoms with Gasteiger partial charge in [0.15, 0.2) is 5.82 Å². The third kappa shape index (κ3) is 9.36. The highest BCUT2D eigenvalue weighted by Gasteiger charge is 2.45. The minimum atomic E-state index is -1.09. The molecule has 0 spiro atoms. The number of aliphatic hydroxyl groups is 1. The first kappa shape index (κ1) is 47.0. The topological polar surface area (TPSA) is 214 Å². The van der Waals surface area contributed by atoms with Gasteiger partial charge in [-0.2, -0.15) is 5.10 Å². The van der Waals surface area contributed by atoms with E-state index in [1.807, 2.05) is 80.7 Å². The largest absolute Gasteiger partial charge is 0.391 e. The average molecular weight is 967 g/mol. The Bertz CT molecular complexity index is 2980. The van der Waals surface area contributed by atoms with E-state index < -0.39 is 41.3 Å². The van der Waals surface area contributed by atoms with Gasteiger partial charge in [0.05, 0.1) is 57.9 Å². The third-order valence-electron chi connectivity index (χ3n) is 14.0. The normalized spacial score (nSPS) is 18.9. The van der Waals surface area contributed by atoms with E-state index in [4.69, 9.17) is 14.8 Å². The zero-order valence-corrected chi connectivity index (χ0v) is 41.0. The summed E-state index contributed by atoms with van der Waals surface area (Å²) in [5.41, 5.74) is 10.7. The van der Waals surface area contributed by atoms with Gasteiger partial charge in [-0.3, -0.25) is 28.8 Å². The van der Waals surface area contributed by atoms with Crippen LogP contribution in [-0.4, -0.2) is 125 Å². The number of anilines is 2. The number of β-amino-alcohol motifs (C(OH)–C–C–N with tert-alkyl or cyclic N) is 1. The molecule has 0 saturated carbocycles. The summed E-state index contributed by atoms with van der Waals surface area (Å²) in [5.74, 6) is -0.877. The monoisotopic (exact) mass is 966 g/mol. The van der Waals surface area contributed by atoms with Crippen LogP contribution in [-0.2, 0) is 45.1 Å². The number of likely N-dealkylation sites (tertiary alicyclic amines) is 1. The minimum Gasteiger partial charge on any atom is -0.391 e. The van der Waals surface area contributed by atoms with E-state index in [0.717, 1.165) is 94.2 Å². The molecule has 4 amide bonds. The van der Waals surface area contributed by atoms with Gasteiger partial charge >= 0.3 is 0 Å². The van der Waals surface area contributed by atoms with E-state index in [1.54, 1.807) is 24.3 Å². The molecule has 8 heterocycles. The van der Waals surface area contributed by atoms with Crippen molar-refractivity contribution >= 4 is 57.5 Å². The number of carbonyl (C=O) groups is 4. The maximum atomic E-state index is 14.4. The number of aromatic nitrogens is 7. The fraction of sp³-hybridized carbons (Fsp3) is 0.451. The van der Waals surface area contributed by atoms with Gasteiger partial charge in [-0.05, 0) is 72.9 Å². The number of aryl methyl sites for hydroxylation is 2. The first-order valence-electron chi connectivity index (χ1n) is 24.1. The maximum absolute atomic E-state index is 14.4. The van der Waals surface area contributed by atoms with Crippen LogP contribution < -0.4 is 15.5 Å². The molecule has 2 saturated heterocycles. The Morgan fingerprint density at radius 2 is 1.74 bits per heavy atom. The van der Waals surface area contributed by atoms with Crippen molar-refractivity contribution in [1.82, 2.24) is 55.4 Å². The molecule has 0 bridgehead atoms. The Balaban J connectivity index is 0.848. The summed E-state index contributed by atoms with van der Waals surface area (Å²) in [6.45, 7) is 12.6. The Morgan fingerprint density at radius 1 is 0.957 bits per heavy atom. The molecule has 4 aliphatic heterocycles. The van der Waals surface area contributed by atoms with Gasteiger partial charge in [0, 0.05) is 76.0 Å². The molecule has 3 N–H and O–H groups in total. The van der Waals surface area contributed by atoms with Crippen LogP contribution in [0, 0.1) is 12.3 Å². The lowest BCUT2D eigenvalue weighted by Crippen LogP contribution is -2.57. The number of amides is 4. The number of nitrogens with one attached hydrogen (secondary N) is 2. The second-order valence-corrected chi connectivity index (χ2v) is 20.7. The first-order chi connectivity index (χ1) is 33.7. The summed E-state index contributed by atoms with van der Waals surface area (Å²) >= 11 is 1.57. The predicted octanol–water partition coefficient (Wildman–Crippen LogP) is 5.48. The molecular weight excluding hydrogens is 909 g/mol. The summed E-state index contributed by atoms with van der Waals surface area (Å²) in [5, 5.41) is 30.3. The zero-order chi connectivity index (χ0) is 48.8. The summed E-state index contributed by atoms with van der Waals surface area (Å²) in [6.07, 6.45) is 5.37. The predicted molar refractivity (Wildman–Crippen MR) is 263 cm³/mol. The number of benzene rings is 2. The van der Waals surface area contributed by atoms with Crippen LogP contribution >= 0.6 is 11.3 Å². The van der Waals surface area contributed by atoms with E-state index in [9.17, 15) is 24.3 Å². The number of thiazole rings is 1. The number of hydrogen-bond donors (Lipinski definition) is 3. The number of hydrogen-bond acceptors (Lipinski definition) is 14. The Morgan fingerprint density at radius 3 is 2.49 bits per heavy atom. The second-order valence-electron chi connectivity index (χ2n) is 19.9. The molecule has 4 aliphatic rings. The molecule has 10 rings (SSSR count). The van der Waals surface area contributed by atoms with Crippen molar-refractivity contribution in [2.75, 3.05) is 37.7 Å². The molecule has 0 aliphatic carbocycles. The Hall–Kier alpha value is -6.70. The summed E-state index contributed by atoms with van der Waals surface area (Å²) in [6, 6.07) is 13.7. The van der Waals surface area contributed by atoms with Crippen LogP contribution in [0.4, 0.5) is 11.5 Å². The lowest BCUT2D eigenvalue weighted by molar-refractivity contribution is -0.142. The molecule has 6 aromatic rings. The molecule has 19 heteroatoms. The standard InChI is InChI=1S/C51H58N12O6S/c1-29-44(70-28-54-29)32-10-8-31(9-11-32)24-53-48(66)42-23-36(65)26-62(42)50(68)45(51(3,4)5)56-49(67)46-55-40-21-33(12-13-38(40)57-58-46)39-22-34-7-6-17-61(43(34)25-52-39)47-37-27-60(30(2)64)18-14-41(37)63(59-47)35-15-19-69-20-16-35/h8-13,21-22,25,28,35-36,42,45,65H,6-7,14-20,23-24,26-27H2,1-5H3,(H,53,66)(H,56,67)/t36-,42+,45-/m1/s1. The van der Waals surface area contributed by atoms with Crippen LogP contribution in [0.5, 0.6) is 0 Å². The molecule has 3 atom stereocenters. The van der Waals surface area contributed by atoms with Crippen LogP contribution in [0.1, 0.15) is 98.1 Å². The fourth-order valence-electron chi connectivity index (χ4n) is 10.2. The van der Waals surface area contributed by atoms with Crippen LogP contribution in [0.2, 0.25) is 0 Å². The second kappa shape index (κ2) is 19.2. The molecule has 2 aromatic carbocycles. The van der Waals surface area contributed by atoms with Crippen molar-refractivity contribution in [2.24, 2.45) is 5.41 Å². The number of aliphatic hydroxyl groups excluding tert-OH is 1. The van der Waals surface area contributed by atoms with Gasteiger partial charge in [0.2, 0.25) is 23.5 Å². The van der Waals surface area contributed by atoms with Crippen molar-refractivity contribution in [2.45, 2.75) is 110 Å². The van der Waals surface area contributed by atoms with Gasteiger partial charge in [-0.15, -0.1) is 21.5 Å². The van der Waals surface area contributed by atoms with Gasteiger partial charge in [0.1, 0.15) is 17.6 Å². The third-order valence-corrected chi connectivity index (χ3v) is 15.0. The SMILES string of the molecule is CC(=O)N1CCc2c(c(N3CCCc4cc(-c5ccc6nnc(C(=O)N[C@H](C(=O)N7C[C@H](O)C[C@H]7C(=O)NCc7ccc(-c8scnc8C)cc7)C(C)(C)C)nc6c5)ncc43)nn2C2CCOCC2)C1. The quantitative estimate of drug-likeness (QED) is 0.155. The zero-order valence-electron chi connectivity index (χ0n) is 40.1. The lowest BCUT2D eigenvalue weighted by atomic mass is 9.85. The molecule has 18 nitrogen and oxygen atoms in total. The molecule has 0 unspecified atom stereocenters. The van der Waals surface area contributed by atoms with E-state index in [0.29, 0.717) is 37.3 Å². The highest BCUT2D eigenvalue weighted by Crippen LogP contribution is 2.40. The van der Waals surface area contributed by atoms with E-state index in [-0.39, 0.29) is 37.3 Å². The molecule has 364 valence electrons. The van der Waals surface area contributed by atoms with Gasteiger partial charge in [0.25, 0.3) is 5.91 Å². The first-order valence-corrected chi connectivity index (χ1v) is 25.0. The van der Waals surface area contributed by atoms with Gasteiger partial charge in [-0.25, -0.2) is 9.97 Å². The van der Waals surface area contributed by atoms with Crippen molar-refractivity contribution in [3.8, 4) is 21.7 Å². The van der Waals surface area contributed by atoms with Crippen molar-refractivity contribution in [3.63, 3.8) is 0 Å². The molecular formula is C51H58N12O6S. The number of rotatable bonds is 10. The smallest absolute Gasteiger partial charge is 0.291 e. The van der Waals surface area contributed by atoms with Crippen LogP contribution in [0.3, 0.4) is 0 Å². The van der Waals surface area contributed by atoms with Crippen molar-refractivity contribution in [3.05, 3.63) is 94.1 Å². The van der Waals surface area contributed by atoms with Gasteiger partial charge in [-0.1, -0.05) is 51.1 Å². The number of ether oxygens (including phenoxy) is 1. The number of carbonyl (C=O) groups excluding carboxylic acids is 4. The molecule has 0 radical (unpaired) electrons.